The van der Waals surface area contributed by atoms with Crippen molar-refractivity contribution in [3.8, 4) is 17.2 Å². The highest BCUT2D eigenvalue weighted by atomic mass is 35.5. The fourth-order valence-electron chi connectivity index (χ4n) is 4.12. The lowest BCUT2D eigenvalue weighted by molar-refractivity contribution is 0.0988. The Morgan fingerprint density at radius 3 is 2.26 bits per heavy atom. The molecule has 210 valence electrons. The Morgan fingerprint density at radius 2 is 1.52 bits per heavy atom. The summed E-state index contributed by atoms with van der Waals surface area (Å²) in [6.07, 6.45) is 5.04. The molecule has 42 heavy (non-hydrogen) atoms. The number of hydrogen-bond acceptors (Lipinski definition) is 7. The number of rotatable bonds is 10. The number of fused-ring (bicyclic) bond motifs is 1. The molecule has 0 radical (unpaired) electrons. The molecule has 0 saturated carbocycles. The monoisotopic (exact) mass is 597 g/mol. The van der Waals surface area contributed by atoms with Gasteiger partial charge in [0.25, 0.3) is 0 Å². The Kier molecular flexibility index (Phi) is 9.02. The van der Waals surface area contributed by atoms with Crippen molar-refractivity contribution in [3.05, 3.63) is 130 Å². The second-order valence-corrected chi connectivity index (χ2v) is 9.89. The minimum atomic E-state index is -0.304. The van der Waals surface area contributed by atoms with Crippen molar-refractivity contribution in [2.24, 2.45) is 5.10 Å². The summed E-state index contributed by atoms with van der Waals surface area (Å²) in [6, 6.07) is 26.5. The number of benzene rings is 4. The summed E-state index contributed by atoms with van der Waals surface area (Å²) in [5.74, 6) is 1.41. The maximum Gasteiger partial charge on any atom is 0.228 e. The SMILES string of the molecule is COc1ccc(/C=C(\Oc2ccc(/C=N/Nc3ccnc4cc(Cl)ccc34)cc2)C(=O)c2ccc(Cl)cc2)cc1OC. The number of ketones is 1. The van der Waals surface area contributed by atoms with Crippen LogP contribution >= 0.6 is 23.2 Å². The molecule has 5 rings (SSSR count). The van der Waals surface area contributed by atoms with Crippen molar-refractivity contribution in [2.75, 3.05) is 19.6 Å². The lowest BCUT2D eigenvalue weighted by Crippen LogP contribution is -2.09. The number of carbonyl (C=O) groups excluding carboxylic acids is 1. The van der Waals surface area contributed by atoms with Gasteiger partial charge in [-0.1, -0.05) is 29.3 Å². The second kappa shape index (κ2) is 13.2. The normalized spacial score (nSPS) is 11.5. The van der Waals surface area contributed by atoms with Gasteiger partial charge in [0.05, 0.1) is 31.6 Å². The van der Waals surface area contributed by atoms with E-state index in [1.165, 1.54) is 0 Å². The molecule has 0 spiro atoms. The van der Waals surface area contributed by atoms with Gasteiger partial charge >= 0.3 is 0 Å². The fraction of sp³-hybridized carbons (Fsp3) is 0.0606. The van der Waals surface area contributed by atoms with E-state index >= 15 is 0 Å². The Balaban J connectivity index is 1.36. The minimum Gasteiger partial charge on any atom is -0.493 e. The van der Waals surface area contributed by atoms with Crippen LogP contribution in [0, 0.1) is 0 Å². The van der Waals surface area contributed by atoms with E-state index in [0.29, 0.717) is 38.4 Å². The summed E-state index contributed by atoms with van der Waals surface area (Å²) in [6.45, 7) is 0. The summed E-state index contributed by atoms with van der Waals surface area (Å²) >= 11 is 12.1. The number of Topliss-reactive ketones (excluding diaryl/α,β-unsaturated/α-hetero) is 1. The van der Waals surface area contributed by atoms with Gasteiger partial charge in [-0.25, -0.2) is 0 Å². The summed E-state index contributed by atoms with van der Waals surface area (Å²) < 4.78 is 16.9. The Morgan fingerprint density at radius 1 is 0.810 bits per heavy atom. The first kappa shape index (κ1) is 28.7. The molecule has 0 aliphatic rings. The summed E-state index contributed by atoms with van der Waals surface area (Å²) in [5, 5.41) is 6.42. The van der Waals surface area contributed by atoms with Gasteiger partial charge in [-0.3, -0.25) is 15.2 Å². The number of nitrogens with one attached hydrogen (secondary N) is 1. The first-order valence-electron chi connectivity index (χ1n) is 12.8. The average Bonchev–Trinajstić information content (AvgIpc) is 3.01. The van der Waals surface area contributed by atoms with Crippen LogP contribution in [0.4, 0.5) is 5.69 Å². The van der Waals surface area contributed by atoms with E-state index in [-0.39, 0.29) is 11.5 Å². The molecule has 0 bridgehead atoms. The number of anilines is 1. The average molecular weight is 598 g/mol. The molecule has 1 aromatic heterocycles. The van der Waals surface area contributed by atoms with Crippen LogP contribution in [0.1, 0.15) is 21.5 Å². The first-order chi connectivity index (χ1) is 20.4. The number of hydrazone groups is 1. The number of methoxy groups -OCH3 is 2. The number of ether oxygens (including phenoxy) is 3. The van der Waals surface area contributed by atoms with Crippen molar-refractivity contribution in [1.29, 1.82) is 0 Å². The predicted octanol–water partition coefficient (Wildman–Crippen LogP) is 8.31. The van der Waals surface area contributed by atoms with Crippen LogP contribution in [-0.2, 0) is 0 Å². The maximum absolute atomic E-state index is 13.5. The minimum absolute atomic E-state index is 0.122. The Bertz CT molecular complexity index is 1790. The van der Waals surface area contributed by atoms with E-state index in [2.05, 4.69) is 15.5 Å². The number of aromatic nitrogens is 1. The third-order valence-electron chi connectivity index (χ3n) is 6.25. The quantitative estimate of drug-likeness (QED) is 0.0573. The molecule has 5 aromatic rings. The van der Waals surface area contributed by atoms with Crippen LogP contribution in [0.2, 0.25) is 10.0 Å². The predicted molar refractivity (Wildman–Crippen MR) is 168 cm³/mol. The fourth-order valence-corrected chi connectivity index (χ4v) is 4.42. The molecule has 0 unspecified atom stereocenters. The van der Waals surface area contributed by atoms with Crippen LogP contribution in [0.25, 0.3) is 17.0 Å². The van der Waals surface area contributed by atoms with Crippen molar-refractivity contribution in [3.63, 3.8) is 0 Å². The van der Waals surface area contributed by atoms with Gasteiger partial charge in [-0.05, 0) is 102 Å². The Labute approximate surface area is 253 Å². The van der Waals surface area contributed by atoms with Crippen molar-refractivity contribution in [2.45, 2.75) is 0 Å². The third kappa shape index (κ3) is 6.89. The molecule has 9 heteroatoms. The standard InChI is InChI=1S/C33H25Cl2N3O4/c1-40-30-14-5-22(17-31(30)41-2)18-32(33(39)23-6-8-24(34)9-7-23)42-26-11-3-21(4-12-26)20-37-38-28-15-16-36-29-19-25(35)10-13-27(28)29/h3-20H,1-2H3,(H,36,38)/b32-18-,37-20+. The van der Waals surface area contributed by atoms with Gasteiger partial charge in [-0.15, -0.1) is 0 Å². The van der Waals surface area contributed by atoms with Gasteiger partial charge < -0.3 is 14.2 Å². The molecule has 1 N–H and O–H groups in total. The molecule has 0 aliphatic carbocycles. The molecule has 7 nitrogen and oxygen atoms in total. The number of allylic oxidation sites excluding steroid dienone is 1. The van der Waals surface area contributed by atoms with E-state index < -0.39 is 0 Å². The number of halogens is 2. The molecular weight excluding hydrogens is 573 g/mol. The molecule has 0 aliphatic heterocycles. The zero-order chi connectivity index (χ0) is 29.5. The topological polar surface area (TPSA) is 82.0 Å². The molecule has 0 saturated heterocycles. The van der Waals surface area contributed by atoms with E-state index in [4.69, 9.17) is 37.4 Å². The molecular formula is C33H25Cl2N3O4. The van der Waals surface area contributed by atoms with Crippen LogP contribution in [0.3, 0.4) is 0 Å². The van der Waals surface area contributed by atoms with Gasteiger partial charge in [0.15, 0.2) is 17.3 Å². The lowest BCUT2D eigenvalue weighted by Gasteiger charge is -2.12. The number of carbonyl (C=O) groups is 1. The molecule has 0 atom stereocenters. The molecule has 0 amide bonds. The zero-order valence-corrected chi connectivity index (χ0v) is 24.2. The highest BCUT2D eigenvalue weighted by molar-refractivity contribution is 6.31. The highest BCUT2D eigenvalue weighted by Crippen LogP contribution is 2.29. The number of hydrogen-bond donors (Lipinski definition) is 1. The molecule has 4 aromatic carbocycles. The van der Waals surface area contributed by atoms with E-state index in [1.807, 2.05) is 36.4 Å². The molecule has 1 heterocycles. The summed E-state index contributed by atoms with van der Waals surface area (Å²) in [5.41, 5.74) is 6.60. The van der Waals surface area contributed by atoms with Gasteiger partial charge in [0, 0.05) is 27.2 Å². The lowest BCUT2D eigenvalue weighted by atomic mass is 10.1. The van der Waals surface area contributed by atoms with Crippen molar-refractivity contribution >= 4 is 57.9 Å². The summed E-state index contributed by atoms with van der Waals surface area (Å²) in [7, 11) is 3.12. The van der Waals surface area contributed by atoms with Crippen LogP contribution < -0.4 is 19.6 Å². The summed E-state index contributed by atoms with van der Waals surface area (Å²) in [4.78, 5) is 17.8. The van der Waals surface area contributed by atoms with E-state index in [9.17, 15) is 4.79 Å². The van der Waals surface area contributed by atoms with Crippen molar-refractivity contribution < 1.29 is 19.0 Å². The van der Waals surface area contributed by atoms with Crippen LogP contribution in [0.5, 0.6) is 17.2 Å². The van der Waals surface area contributed by atoms with E-state index in [1.54, 1.807) is 87.3 Å². The highest BCUT2D eigenvalue weighted by Gasteiger charge is 2.16. The first-order valence-corrected chi connectivity index (χ1v) is 13.5. The van der Waals surface area contributed by atoms with Gasteiger partial charge in [0.1, 0.15) is 5.75 Å². The largest absolute Gasteiger partial charge is 0.493 e. The zero-order valence-electron chi connectivity index (χ0n) is 22.7. The van der Waals surface area contributed by atoms with Crippen LogP contribution in [-0.4, -0.2) is 31.2 Å². The van der Waals surface area contributed by atoms with Crippen molar-refractivity contribution in [1.82, 2.24) is 4.98 Å². The number of pyridine rings is 1. The van der Waals surface area contributed by atoms with Gasteiger partial charge in [-0.2, -0.15) is 5.10 Å². The second-order valence-electron chi connectivity index (χ2n) is 9.02. The number of nitrogens with zero attached hydrogens (tertiary/aromatic N) is 2. The maximum atomic E-state index is 13.5. The van der Waals surface area contributed by atoms with E-state index in [0.717, 1.165) is 22.2 Å². The third-order valence-corrected chi connectivity index (χ3v) is 6.73. The Hall–Kier alpha value is -4.85. The van der Waals surface area contributed by atoms with Crippen LogP contribution in [0.15, 0.2) is 108 Å². The molecule has 0 fully saturated rings. The van der Waals surface area contributed by atoms with Gasteiger partial charge in [0.2, 0.25) is 5.78 Å². The smallest absolute Gasteiger partial charge is 0.228 e.